The molecule has 3 aromatic heterocycles. The molecule has 0 bridgehead atoms. The Morgan fingerprint density at radius 1 is 1.19 bits per heavy atom. The number of H-pyrrole nitrogens is 1. The molecule has 0 spiro atoms. The summed E-state index contributed by atoms with van der Waals surface area (Å²) in [5.41, 5.74) is 0.812. The first kappa shape index (κ1) is 22.2. The van der Waals surface area contributed by atoms with Gasteiger partial charge in [0.15, 0.2) is 5.16 Å². The van der Waals surface area contributed by atoms with Crippen LogP contribution in [0.4, 0.5) is 0 Å². The van der Waals surface area contributed by atoms with Crippen LogP contribution in [0.3, 0.4) is 0 Å². The van der Waals surface area contributed by atoms with E-state index in [1.807, 2.05) is 12.1 Å². The van der Waals surface area contributed by atoms with Crippen LogP contribution in [-0.2, 0) is 22.7 Å². The molecule has 0 aliphatic rings. The molecule has 8 nitrogen and oxygen atoms in total. The first-order valence-electron chi connectivity index (χ1n) is 10.2. The number of nitrogens with zero attached hydrogens (tertiary/aromatic N) is 3. The number of ether oxygens (including phenoxy) is 1. The van der Waals surface area contributed by atoms with Crippen LogP contribution in [0.2, 0.25) is 0 Å². The van der Waals surface area contributed by atoms with Crippen molar-refractivity contribution in [1.29, 1.82) is 0 Å². The number of aromatic amines is 1. The van der Waals surface area contributed by atoms with Crippen LogP contribution in [0.15, 0.2) is 50.5 Å². The number of para-hydroxylation sites is 1. The number of esters is 1. The van der Waals surface area contributed by atoms with Gasteiger partial charge in [-0.1, -0.05) is 37.7 Å². The van der Waals surface area contributed by atoms with Gasteiger partial charge < -0.3 is 9.72 Å². The molecule has 0 amide bonds. The molecule has 32 heavy (non-hydrogen) atoms. The Kier molecular flexibility index (Phi) is 6.71. The van der Waals surface area contributed by atoms with Gasteiger partial charge in [-0.15, -0.1) is 11.3 Å². The third kappa shape index (κ3) is 4.91. The summed E-state index contributed by atoms with van der Waals surface area (Å²) in [5.74, 6) is 0.210. The summed E-state index contributed by atoms with van der Waals surface area (Å²) in [6.45, 7) is 4.58. The summed E-state index contributed by atoms with van der Waals surface area (Å²) in [5, 5.41) is 2.83. The lowest BCUT2D eigenvalue weighted by Crippen LogP contribution is -2.24. The van der Waals surface area contributed by atoms with Gasteiger partial charge >= 0.3 is 5.97 Å². The monoisotopic (exact) mass is 470 g/mol. The zero-order valence-corrected chi connectivity index (χ0v) is 19.3. The van der Waals surface area contributed by atoms with Crippen LogP contribution in [-0.4, -0.2) is 31.2 Å². The van der Waals surface area contributed by atoms with E-state index >= 15 is 0 Å². The molecule has 4 rings (SSSR count). The zero-order valence-electron chi connectivity index (χ0n) is 17.7. The van der Waals surface area contributed by atoms with Crippen molar-refractivity contribution in [3.63, 3.8) is 0 Å². The zero-order chi connectivity index (χ0) is 22.7. The minimum atomic E-state index is -0.485. The molecule has 0 fully saturated rings. The van der Waals surface area contributed by atoms with Crippen LogP contribution in [0.25, 0.3) is 21.1 Å². The molecule has 166 valence electrons. The third-order valence-corrected chi connectivity index (χ3v) is 6.66. The lowest BCUT2D eigenvalue weighted by atomic mass is 10.1. The summed E-state index contributed by atoms with van der Waals surface area (Å²) in [7, 11) is 0. The Balaban J connectivity index is 1.47. The van der Waals surface area contributed by atoms with Crippen LogP contribution < -0.4 is 11.1 Å². The maximum Gasteiger partial charge on any atom is 0.316 e. The number of thiophene rings is 1. The molecule has 0 saturated heterocycles. The van der Waals surface area contributed by atoms with Crippen molar-refractivity contribution in [2.75, 3.05) is 5.75 Å². The van der Waals surface area contributed by atoms with Crippen molar-refractivity contribution >= 4 is 50.2 Å². The second-order valence-corrected chi connectivity index (χ2v) is 9.51. The third-order valence-electron chi connectivity index (χ3n) is 4.81. The van der Waals surface area contributed by atoms with E-state index in [9.17, 15) is 14.4 Å². The number of benzene rings is 1. The van der Waals surface area contributed by atoms with Gasteiger partial charge in [0, 0.05) is 6.54 Å². The van der Waals surface area contributed by atoms with Crippen molar-refractivity contribution in [3.05, 3.63) is 62.2 Å². The van der Waals surface area contributed by atoms with E-state index in [2.05, 4.69) is 28.8 Å². The fourth-order valence-corrected chi connectivity index (χ4v) is 4.70. The molecular weight excluding hydrogens is 448 g/mol. The Bertz CT molecular complexity index is 1390. The highest BCUT2D eigenvalue weighted by Gasteiger charge is 2.15. The van der Waals surface area contributed by atoms with Crippen molar-refractivity contribution < 1.29 is 9.53 Å². The van der Waals surface area contributed by atoms with E-state index in [4.69, 9.17) is 4.74 Å². The van der Waals surface area contributed by atoms with Crippen LogP contribution >= 0.6 is 23.1 Å². The van der Waals surface area contributed by atoms with E-state index in [1.54, 1.807) is 28.1 Å². The van der Waals surface area contributed by atoms with E-state index in [0.29, 0.717) is 38.7 Å². The highest BCUT2D eigenvalue weighted by Crippen LogP contribution is 2.19. The molecule has 0 saturated carbocycles. The number of carbonyl (C=O) groups is 1. The fourth-order valence-electron chi connectivity index (χ4n) is 3.15. The van der Waals surface area contributed by atoms with Crippen LogP contribution in [0.5, 0.6) is 0 Å². The lowest BCUT2D eigenvalue weighted by molar-refractivity contribution is -0.141. The van der Waals surface area contributed by atoms with Crippen LogP contribution in [0.1, 0.15) is 26.1 Å². The maximum absolute atomic E-state index is 13.0. The van der Waals surface area contributed by atoms with Gasteiger partial charge in [-0.2, -0.15) is 0 Å². The number of fused-ring (bicyclic) bond motifs is 2. The molecule has 1 aromatic carbocycles. The summed E-state index contributed by atoms with van der Waals surface area (Å²) in [6, 6.07) is 8.94. The minimum absolute atomic E-state index is 0.0165. The largest absolute Gasteiger partial charge is 0.457 e. The van der Waals surface area contributed by atoms with Gasteiger partial charge in [0.2, 0.25) is 0 Å². The molecule has 1 N–H and O–H groups in total. The molecule has 0 aliphatic carbocycles. The summed E-state index contributed by atoms with van der Waals surface area (Å²) in [4.78, 5) is 48.9. The summed E-state index contributed by atoms with van der Waals surface area (Å²) in [6.07, 6.45) is 0.821. The number of rotatable bonds is 8. The molecular formula is C22H22N4O4S2. The number of hydrogen-bond donors (Lipinski definition) is 1. The first-order chi connectivity index (χ1) is 15.4. The number of aromatic nitrogens is 4. The predicted octanol–water partition coefficient (Wildman–Crippen LogP) is 3.58. The summed E-state index contributed by atoms with van der Waals surface area (Å²) >= 11 is 2.47. The normalized spacial score (nSPS) is 11.5. The Morgan fingerprint density at radius 2 is 2.00 bits per heavy atom. The fraction of sp³-hybridized carbons (Fsp3) is 0.318. The van der Waals surface area contributed by atoms with Gasteiger partial charge in [-0.3, -0.25) is 19.0 Å². The van der Waals surface area contributed by atoms with Gasteiger partial charge in [-0.25, -0.2) is 9.97 Å². The quantitative estimate of drug-likeness (QED) is 0.238. The highest BCUT2D eigenvalue weighted by molar-refractivity contribution is 7.99. The molecule has 0 aliphatic heterocycles. The summed E-state index contributed by atoms with van der Waals surface area (Å²) < 4.78 is 7.45. The average molecular weight is 471 g/mol. The smallest absolute Gasteiger partial charge is 0.316 e. The molecule has 3 heterocycles. The molecule has 0 atom stereocenters. The van der Waals surface area contributed by atoms with Gasteiger partial charge in [0.25, 0.3) is 11.1 Å². The van der Waals surface area contributed by atoms with E-state index < -0.39 is 5.97 Å². The number of carbonyl (C=O) groups excluding carboxylic acids is 1. The van der Waals surface area contributed by atoms with Gasteiger partial charge in [0.1, 0.15) is 17.1 Å². The van der Waals surface area contributed by atoms with Crippen molar-refractivity contribution in [2.24, 2.45) is 5.92 Å². The topological polar surface area (TPSA) is 107 Å². The van der Waals surface area contributed by atoms with E-state index in [0.717, 1.165) is 18.2 Å². The Labute approximate surface area is 191 Å². The lowest BCUT2D eigenvalue weighted by Gasteiger charge is -2.14. The second-order valence-electron chi connectivity index (χ2n) is 7.65. The molecule has 10 heteroatoms. The predicted molar refractivity (Wildman–Crippen MR) is 126 cm³/mol. The number of thioether (sulfide) groups is 1. The standard InChI is InChI=1S/C22H22N4O4S2/c1-13(2)7-9-26-21(29)14-5-3-4-6-15(14)24-22(26)32-12-18(27)30-11-17-23-16-8-10-31-19(16)20(28)25-17/h3-6,8,10,13H,7,9,11-12H2,1-2H3,(H,23,25,28). The van der Waals surface area contributed by atoms with E-state index in [-0.39, 0.29) is 29.3 Å². The van der Waals surface area contributed by atoms with E-state index in [1.165, 1.54) is 11.3 Å². The van der Waals surface area contributed by atoms with Crippen molar-refractivity contribution in [2.45, 2.75) is 38.6 Å². The van der Waals surface area contributed by atoms with Crippen LogP contribution in [0, 0.1) is 5.92 Å². The van der Waals surface area contributed by atoms with Gasteiger partial charge in [-0.05, 0) is 35.9 Å². The van der Waals surface area contributed by atoms with Gasteiger partial charge in [0.05, 0.1) is 22.2 Å². The number of hydrogen-bond acceptors (Lipinski definition) is 8. The van der Waals surface area contributed by atoms with Crippen molar-refractivity contribution in [1.82, 2.24) is 19.5 Å². The molecule has 0 radical (unpaired) electrons. The average Bonchev–Trinajstić information content (AvgIpc) is 3.25. The van der Waals surface area contributed by atoms with Crippen molar-refractivity contribution in [3.8, 4) is 0 Å². The molecule has 4 aromatic rings. The molecule has 0 unspecified atom stereocenters. The Morgan fingerprint density at radius 3 is 2.81 bits per heavy atom. The first-order valence-corrected chi connectivity index (χ1v) is 12.0. The Hall–Kier alpha value is -2.98. The second kappa shape index (κ2) is 9.66. The number of nitrogens with one attached hydrogen (secondary N) is 1. The highest BCUT2D eigenvalue weighted by atomic mass is 32.2. The SMILES string of the molecule is CC(C)CCn1c(SCC(=O)OCc2nc3ccsc3c(=O)[nH]2)nc2ccccc2c1=O. The minimum Gasteiger partial charge on any atom is -0.457 e. The maximum atomic E-state index is 13.0.